The average Bonchev–Trinajstić information content (AvgIpc) is 3.20. The predicted octanol–water partition coefficient (Wildman–Crippen LogP) is 3.07. The van der Waals surface area contributed by atoms with Crippen LogP contribution in [-0.2, 0) is 11.3 Å². The molecule has 3 rings (SSSR count). The van der Waals surface area contributed by atoms with Crippen LogP contribution in [0.2, 0.25) is 0 Å². The Morgan fingerprint density at radius 2 is 2.12 bits per heavy atom. The zero-order valence-electron chi connectivity index (χ0n) is 14.3. The number of nitrogens with zero attached hydrogens (tertiary/aromatic N) is 4. The number of benzene rings is 1. The Morgan fingerprint density at radius 1 is 1.35 bits per heavy atom. The van der Waals surface area contributed by atoms with E-state index in [1.807, 2.05) is 31.2 Å². The number of thioether (sulfide) groups is 1. The van der Waals surface area contributed by atoms with Crippen LogP contribution in [0.25, 0.3) is 11.4 Å². The van der Waals surface area contributed by atoms with Gasteiger partial charge in [-0.2, -0.15) is 0 Å². The minimum absolute atomic E-state index is 0.0187. The first-order valence-corrected chi connectivity index (χ1v) is 9.60. The lowest BCUT2D eigenvalue weighted by molar-refractivity contribution is -0.127. The summed E-state index contributed by atoms with van der Waals surface area (Å²) in [7, 11) is 1.77. The van der Waals surface area contributed by atoms with Crippen LogP contribution in [0.4, 0.5) is 0 Å². The lowest BCUT2D eigenvalue weighted by atomic mass is 10.2. The second-order valence-corrected chi connectivity index (χ2v) is 7.49. The topological polar surface area (TPSA) is 90.2 Å². The van der Waals surface area contributed by atoms with Gasteiger partial charge in [0.15, 0.2) is 5.82 Å². The molecule has 0 aliphatic carbocycles. The average molecular weight is 436 g/mol. The Bertz CT molecular complexity index is 924. The molecule has 0 saturated heterocycles. The van der Waals surface area contributed by atoms with E-state index in [4.69, 9.17) is 10.3 Å². The van der Waals surface area contributed by atoms with Gasteiger partial charge in [-0.25, -0.2) is 4.68 Å². The molecule has 0 atom stereocenters. The summed E-state index contributed by atoms with van der Waals surface area (Å²) in [6.07, 6.45) is 1.58. The zero-order valence-corrected chi connectivity index (χ0v) is 16.7. The van der Waals surface area contributed by atoms with Crippen LogP contribution in [0.1, 0.15) is 11.3 Å². The SMILES string of the molecule is Cc1occc1-c1nnc(SCC(=O)N(C)Cc2ccccc2Br)n1N. The highest BCUT2D eigenvalue weighted by molar-refractivity contribution is 9.10. The third-order valence-electron chi connectivity index (χ3n) is 3.88. The van der Waals surface area contributed by atoms with E-state index in [0.717, 1.165) is 15.6 Å². The number of aryl methyl sites for hydroxylation is 1. The number of carbonyl (C=O) groups excluding carboxylic acids is 1. The highest BCUT2D eigenvalue weighted by Crippen LogP contribution is 2.25. The summed E-state index contributed by atoms with van der Waals surface area (Å²) < 4.78 is 7.63. The van der Waals surface area contributed by atoms with E-state index in [-0.39, 0.29) is 11.7 Å². The monoisotopic (exact) mass is 435 g/mol. The molecule has 0 spiro atoms. The third kappa shape index (κ3) is 3.94. The van der Waals surface area contributed by atoms with Gasteiger partial charge in [0.1, 0.15) is 5.76 Å². The van der Waals surface area contributed by atoms with Gasteiger partial charge in [-0.15, -0.1) is 10.2 Å². The summed E-state index contributed by atoms with van der Waals surface area (Å²) >= 11 is 4.75. The van der Waals surface area contributed by atoms with Gasteiger partial charge in [0.25, 0.3) is 0 Å². The zero-order chi connectivity index (χ0) is 18.7. The number of furan rings is 1. The van der Waals surface area contributed by atoms with Crippen molar-refractivity contribution in [3.05, 3.63) is 52.4 Å². The number of carbonyl (C=O) groups is 1. The molecule has 1 amide bonds. The number of hydrogen-bond donors (Lipinski definition) is 1. The Hall–Kier alpha value is -2.26. The van der Waals surface area contributed by atoms with Crippen molar-refractivity contribution in [1.29, 1.82) is 0 Å². The van der Waals surface area contributed by atoms with E-state index in [2.05, 4.69) is 26.1 Å². The number of aromatic nitrogens is 3. The van der Waals surface area contributed by atoms with Crippen molar-refractivity contribution in [3.63, 3.8) is 0 Å². The number of nitrogens with two attached hydrogens (primary N) is 1. The van der Waals surface area contributed by atoms with E-state index in [1.165, 1.54) is 16.4 Å². The molecule has 0 saturated carbocycles. The Morgan fingerprint density at radius 3 is 2.81 bits per heavy atom. The van der Waals surface area contributed by atoms with Crippen molar-refractivity contribution < 1.29 is 9.21 Å². The van der Waals surface area contributed by atoms with E-state index < -0.39 is 0 Å². The van der Waals surface area contributed by atoms with Crippen LogP contribution >= 0.6 is 27.7 Å². The summed E-state index contributed by atoms with van der Waals surface area (Å²) in [6.45, 7) is 2.35. The Kier molecular flexibility index (Phi) is 5.67. The first-order chi connectivity index (χ1) is 12.5. The van der Waals surface area contributed by atoms with Gasteiger partial charge in [0.05, 0.1) is 17.6 Å². The van der Waals surface area contributed by atoms with E-state index in [0.29, 0.717) is 23.3 Å². The molecule has 2 heterocycles. The highest BCUT2D eigenvalue weighted by atomic mass is 79.9. The van der Waals surface area contributed by atoms with Gasteiger partial charge >= 0.3 is 0 Å². The molecule has 0 aliphatic rings. The number of nitrogen functional groups attached to an aromatic ring is 1. The van der Waals surface area contributed by atoms with Crippen molar-refractivity contribution >= 4 is 33.6 Å². The molecule has 0 unspecified atom stereocenters. The lowest BCUT2D eigenvalue weighted by Gasteiger charge is -2.17. The second-order valence-electron chi connectivity index (χ2n) is 5.70. The number of amides is 1. The van der Waals surface area contributed by atoms with E-state index >= 15 is 0 Å². The molecular weight excluding hydrogens is 418 g/mol. The third-order valence-corrected chi connectivity index (χ3v) is 5.58. The minimum atomic E-state index is -0.0187. The molecule has 3 aromatic rings. The molecule has 26 heavy (non-hydrogen) atoms. The standard InChI is InChI=1S/C17H18BrN5O2S/c1-11-13(7-8-25-11)16-20-21-17(23(16)19)26-10-15(24)22(2)9-12-5-3-4-6-14(12)18/h3-8H,9-10,19H2,1-2H3. The largest absolute Gasteiger partial charge is 0.469 e. The van der Waals surface area contributed by atoms with Crippen molar-refractivity contribution in [2.24, 2.45) is 0 Å². The van der Waals surface area contributed by atoms with Gasteiger partial charge < -0.3 is 15.2 Å². The lowest BCUT2D eigenvalue weighted by Crippen LogP contribution is -2.28. The molecular formula is C17H18BrN5O2S. The summed E-state index contributed by atoms with van der Waals surface area (Å²) in [5.74, 6) is 7.49. The summed E-state index contributed by atoms with van der Waals surface area (Å²) in [5, 5.41) is 8.65. The fourth-order valence-electron chi connectivity index (χ4n) is 2.38. The van der Waals surface area contributed by atoms with Crippen LogP contribution in [0.5, 0.6) is 0 Å². The maximum absolute atomic E-state index is 12.4. The quantitative estimate of drug-likeness (QED) is 0.472. The van der Waals surface area contributed by atoms with Crippen LogP contribution in [0, 0.1) is 6.92 Å². The van der Waals surface area contributed by atoms with Crippen LogP contribution < -0.4 is 5.84 Å². The number of halogens is 1. The first kappa shape index (κ1) is 18.5. The maximum atomic E-state index is 12.4. The van der Waals surface area contributed by atoms with Crippen LogP contribution in [-0.4, -0.2) is 38.5 Å². The fraction of sp³-hybridized carbons (Fsp3) is 0.235. The molecule has 0 aliphatic heterocycles. The molecule has 0 bridgehead atoms. The van der Waals surface area contributed by atoms with Crippen molar-refractivity contribution in [2.75, 3.05) is 18.6 Å². The van der Waals surface area contributed by atoms with Crippen LogP contribution in [0.3, 0.4) is 0 Å². The molecule has 0 radical (unpaired) electrons. The highest BCUT2D eigenvalue weighted by Gasteiger charge is 2.18. The maximum Gasteiger partial charge on any atom is 0.233 e. The molecule has 136 valence electrons. The minimum Gasteiger partial charge on any atom is -0.469 e. The summed E-state index contributed by atoms with van der Waals surface area (Å²) in [4.78, 5) is 14.1. The van der Waals surface area contributed by atoms with E-state index in [9.17, 15) is 4.79 Å². The summed E-state index contributed by atoms with van der Waals surface area (Å²) in [6, 6.07) is 9.62. The Balaban J connectivity index is 1.62. The molecule has 7 nitrogen and oxygen atoms in total. The number of hydrogen-bond acceptors (Lipinski definition) is 6. The van der Waals surface area contributed by atoms with Crippen molar-refractivity contribution in [3.8, 4) is 11.4 Å². The van der Waals surface area contributed by atoms with Gasteiger partial charge in [0, 0.05) is 18.1 Å². The van der Waals surface area contributed by atoms with Gasteiger partial charge in [-0.1, -0.05) is 45.9 Å². The molecule has 1 aromatic carbocycles. The first-order valence-electron chi connectivity index (χ1n) is 7.82. The Labute approximate surface area is 163 Å². The van der Waals surface area contributed by atoms with Gasteiger partial charge in [-0.05, 0) is 24.6 Å². The molecule has 0 fully saturated rings. The number of rotatable bonds is 6. The smallest absolute Gasteiger partial charge is 0.233 e. The normalized spacial score (nSPS) is 10.9. The molecule has 2 N–H and O–H groups in total. The predicted molar refractivity (Wildman–Crippen MR) is 104 cm³/mol. The fourth-order valence-corrected chi connectivity index (χ4v) is 3.59. The van der Waals surface area contributed by atoms with Crippen molar-refractivity contribution in [1.82, 2.24) is 19.8 Å². The van der Waals surface area contributed by atoms with Crippen LogP contribution in [0.15, 0.2) is 50.6 Å². The molecule has 2 aromatic heterocycles. The van der Waals surface area contributed by atoms with Gasteiger partial charge in [-0.3, -0.25) is 4.79 Å². The van der Waals surface area contributed by atoms with Gasteiger partial charge in [0.2, 0.25) is 11.1 Å². The van der Waals surface area contributed by atoms with Crippen molar-refractivity contribution in [2.45, 2.75) is 18.6 Å². The summed E-state index contributed by atoms with van der Waals surface area (Å²) in [5.41, 5.74) is 1.83. The van der Waals surface area contributed by atoms with E-state index in [1.54, 1.807) is 24.3 Å². The molecule has 9 heteroatoms. The second kappa shape index (κ2) is 7.96.